The monoisotopic (exact) mass is 131 g/mol. The number of allylic oxidation sites excluding steroid dienone is 2. The van der Waals surface area contributed by atoms with Gasteiger partial charge in [-0.15, -0.1) is 0 Å². The summed E-state index contributed by atoms with van der Waals surface area (Å²) < 4.78 is 0. The van der Waals surface area contributed by atoms with Gasteiger partial charge in [-0.1, -0.05) is 12.2 Å². The maximum absolute atomic E-state index is 4.06. The molecule has 0 saturated heterocycles. The second kappa shape index (κ2) is 2.25. The lowest BCUT2D eigenvalue weighted by Crippen LogP contribution is -1.96. The summed E-state index contributed by atoms with van der Waals surface area (Å²) in [6, 6.07) is 2.10. The van der Waals surface area contributed by atoms with Gasteiger partial charge in [0.15, 0.2) is 0 Å². The minimum atomic E-state index is 1.06. The zero-order chi connectivity index (χ0) is 6.81. The molecule has 10 heavy (non-hydrogen) atoms. The van der Waals surface area contributed by atoms with E-state index in [1.807, 2.05) is 12.4 Å². The van der Waals surface area contributed by atoms with Gasteiger partial charge in [-0.05, 0) is 30.0 Å². The Morgan fingerprint density at radius 3 is 2.70 bits per heavy atom. The molecular formula is C9H9N. The highest BCUT2D eigenvalue weighted by Gasteiger charge is 2.01. The van der Waals surface area contributed by atoms with E-state index in [1.165, 1.54) is 11.1 Å². The average Bonchev–Trinajstić information content (AvgIpc) is 2.05. The van der Waals surface area contributed by atoms with Crippen LogP contribution in [0.5, 0.6) is 0 Å². The van der Waals surface area contributed by atoms with Crippen LogP contribution in [0.25, 0.3) is 0 Å². The van der Waals surface area contributed by atoms with Gasteiger partial charge in [0.05, 0.1) is 0 Å². The Labute approximate surface area is 60.4 Å². The molecule has 0 fully saturated rings. The fraction of sp³-hybridized carbons (Fsp3) is 0.222. The summed E-state index contributed by atoms with van der Waals surface area (Å²) in [5.41, 5.74) is 2.81. The molecule has 1 heteroatoms. The average molecular weight is 131 g/mol. The van der Waals surface area contributed by atoms with Crippen molar-refractivity contribution in [1.29, 1.82) is 0 Å². The van der Waals surface area contributed by atoms with Crippen LogP contribution in [0.2, 0.25) is 0 Å². The summed E-state index contributed by atoms with van der Waals surface area (Å²) in [6.45, 7) is 0. The van der Waals surface area contributed by atoms with Crippen molar-refractivity contribution in [1.82, 2.24) is 4.98 Å². The normalized spacial score (nSPS) is 14.8. The molecular weight excluding hydrogens is 122 g/mol. The van der Waals surface area contributed by atoms with Crippen LogP contribution < -0.4 is 0 Å². The molecule has 50 valence electrons. The minimum Gasteiger partial charge on any atom is -0.264 e. The van der Waals surface area contributed by atoms with Crippen molar-refractivity contribution in [3.8, 4) is 0 Å². The Balaban J connectivity index is 2.47. The molecule has 0 aromatic carbocycles. The van der Waals surface area contributed by atoms with Gasteiger partial charge in [-0.3, -0.25) is 4.98 Å². The molecule has 1 nitrogen and oxygen atoms in total. The highest BCUT2D eigenvalue weighted by atomic mass is 14.6. The largest absolute Gasteiger partial charge is 0.264 e. The van der Waals surface area contributed by atoms with E-state index < -0.39 is 0 Å². The Morgan fingerprint density at radius 1 is 1.10 bits per heavy atom. The lowest BCUT2D eigenvalue weighted by atomic mass is 10.00. The number of hydrogen-bond donors (Lipinski definition) is 0. The molecule has 1 heterocycles. The second-order valence-electron chi connectivity index (χ2n) is 2.52. The predicted octanol–water partition coefficient (Wildman–Crippen LogP) is 1.74. The van der Waals surface area contributed by atoms with E-state index in [0.29, 0.717) is 0 Å². The van der Waals surface area contributed by atoms with E-state index in [1.54, 1.807) is 0 Å². The van der Waals surface area contributed by atoms with Gasteiger partial charge in [-0.2, -0.15) is 0 Å². The molecule has 0 spiro atoms. The SMILES string of the molecule is C1=CCc2cnccc2C1. The first-order valence-electron chi connectivity index (χ1n) is 3.53. The third kappa shape index (κ3) is 0.838. The first-order chi connectivity index (χ1) is 4.97. The molecule has 0 N–H and O–H groups in total. The van der Waals surface area contributed by atoms with Crippen molar-refractivity contribution in [2.75, 3.05) is 0 Å². The number of hydrogen-bond acceptors (Lipinski definition) is 1. The van der Waals surface area contributed by atoms with E-state index in [9.17, 15) is 0 Å². The maximum Gasteiger partial charge on any atom is 0.0305 e. The van der Waals surface area contributed by atoms with Gasteiger partial charge in [-0.25, -0.2) is 0 Å². The van der Waals surface area contributed by atoms with E-state index in [2.05, 4.69) is 23.2 Å². The van der Waals surface area contributed by atoms with Crippen LogP contribution in [0.1, 0.15) is 11.1 Å². The van der Waals surface area contributed by atoms with Crippen molar-refractivity contribution in [2.24, 2.45) is 0 Å². The smallest absolute Gasteiger partial charge is 0.0305 e. The standard InChI is InChI=1S/C9H9N/c1-2-4-9-7-10-6-5-8(9)3-1/h1-2,5-7H,3-4H2. The van der Waals surface area contributed by atoms with Crippen LogP contribution in [0.4, 0.5) is 0 Å². The Bertz CT molecular complexity index is 236. The molecule has 0 aliphatic heterocycles. The molecule has 0 unspecified atom stereocenters. The zero-order valence-corrected chi connectivity index (χ0v) is 5.75. The summed E-state index contributed by atoms with van der Waals surface area (Å²) >= 11 is 0. The quantitative estimate of drug-likeness (QED) is 0.489. The lowest BCUT2D eigenvalue weighted by molar-refractivity contribution is 1.06. The molecule has 2 rings (SSSR count). The number of aromatic nitrogens is 1. The van der Waals surface area contributed by atoms with Gasteiger partial charge in [0, 0.05) is 12.4 Å². The van der Waals surface area contributed by atoms with Crippen molar-refractivity contribution in [2.45, 2.75) is 12.8 Å². The summed E-state index contributed by atoms with van der Waals surface area (Å²) in [5.74, 6) is 0. The number of fused-ring (bicyclic) bond motifs is 1. The van der Waals surface area contributed by atoms with Crippen molar-refractivity contribution in [3.63, 3.8) is 0 Å². The van der Waals surface area contributed by atoms with Crippen LogP contribution in [-0.4, -0.2) is 4.98 Å². The summed E-state index contributed by atoms with van der Waals surface area (Å²) in [6.07, 6.45) is 10.4. The van der Waals surface area contributed by atoms with Crippen LogP contribution in [0.15, 0.2) is 30.6 Å². The van der Waals surface area contributed by atoms with Crippen LogP contribution in [0.3, 0.4) is 0 Å². The van der Waals surface area contributed by atoms with E-state index >= 15 is 0 Å². The van der Waals surface area contributed by atoms with Gasteiger partial charge < -0.3 is 0 Å². The van der Waals surface area contributed by atoms with Crippen LogP contribution in [0, 0.1) is 0 Å². The fourth-order valence-electron chi connectivity index (χ4n) is 1.26. The van der Waals surface area contributed by atoms with Crippen molar-refractivity contribution in [3.05, 3.63) is 41.7 Å². The molecule has 0 saturated carbocycles. The summed E-state index contributed by atoms with van der Waals surface area (Å²) in [4.78, 5) is 4.06. The molecule has 1 aromatic rings. The lowest BCUT2D eigenvalue weighted by Gasteiger charge is -2.07. The topological polar surface area (TPSA) is 12.9 Å². The summed E-state index contributed by atoms with van der Waals surface area (Å²) in [5, 5.41) is 0. The predicted molar refractivity (Wildman–Crippen MR) is 40.8 cm³/mol. The van der Waals surface area contributed by atoms with Crippen molar-refractivity contribution < 1.29 is 0 Å². The number of nitrogens with zero attached hydrogens (tertiary/aromatic N) is 1. The number of pyridine rings is 1. The molecule has 1 aliphatic carbocycles. The number of rotatable bonds is 0. The molecule has 0 atom stereocenters. The van der Waals surface area contributed by atoms with Gasteiger partial charge >= 0.3 is 0 Å². The third-order valence-corrected chi connectivity index (χ3v) is 1.85. The van der Waals surface area contributed by atoms with E-state index in [0.717, 1.165) is 12.8 Å². The highest BCUT2D eigenvalue weighted by molar-refractivity contribution is 5.30. The van der Waals surface area contributed by atoms with Gasteiger partial charge in [0.1, 0.15) is 0 Å². The molecule has 1 aromatic heterocycles. The van der Waals surface area contributed by atoms with E-state index in [4.69, 9.17) is 0 Å². The summed E-state index contributed by atoms with van der Waals surface area (Å²) in [7, 11) is 0. The minimum absolute atomic E-state index is 1.06. The fourth-order valence-corrected chi connectivity index (χ4v) is 1.26. The molecule has 0 radical (unpaired) electrons. The highest BCUT2D eigenvalue weighted by Crippen LogP contribution is 2.13. The third-order valence-electron chi connectivity index (χ3n) is 1.85. The Morgan fingerprint density at radius 2 is 1.90 bits per heavy atom. The van der Waals surface area contributed by atoms with Crippen LogP contribution >= 0.6 is 0 Å². The first-order valence-corrected chi connectivity index (χ1v) is 3.53. The second-order valence-corrected chi connectivity index (χ2v) is 2.52. The Hall–Kier alpha value is -1.11. The molecule has 0 bridgehead atoms. The zero-order valence-electron chi connectivity index (χ0n) is 5.75. The van der Waals surface area contributed by atoms with Gasteiger partial charge in [0.2, 0.25) is 0 Å². The van der Waals surface area contributed by atoms with E-state index in [-0.39, 0.29) is 0 Å². The van der Waals surface area contributed by atoms with Crippen molar-refractivity contribution >= 4 is 0 Å². The first kappa shape index (κ1) is 5.66. The molecule has 0 amide bonds. The maximum atomic E-state index is 4.06. The molecule has 1 aliphatic rings. The van der Waals surface area contributed by atoms with Crippen LogP contribution in [-0.2, 0) is 12.8 Å². The Kier molecular flexibility index (Phi) is 1.28. The van der Waals surface area contributed by atoms with Gasteiger partial charge in [0.25, 0.3) is 0 Å².